The van der Waals surface area contributed by atoms with Crippen molar-refractivity contribution in [1.29, 1.82) is 5.26 Å². The van der Waals surface area contributed by atoms with Crippen LogP contribution in [0.3, 0.4) is 0 Å². The van der Waals surface area contributed by atoms with Gasteiger partial charge in [0.25, 0.3) is 0 Å². The van der Waals surface area contributed by atoms with Crippen molar-refractivity contribution >= 4 is 28.6 Å². The molecule has 1 aromatic rings. The van der Waals surface area contributed by atoms with Crippen LogP contribution in [-0.4, -0.2) is 19.4 Å². The van der Waals surface area contributed by atoms with E-state index in [1.54, 1.807) is 28.7 Å². The van der Waals surface area contributed by atoms with Gasteiger partial charge in [0.05, 0.1) is 22.3 Å². The van der Waals surface area contributed by atoms with Crippen LogP contribution in [-0.2, 0) is 4.74 Å². The molecule has 0 aliphatic rings. The Morgan fingerprint density at radius 3 is 2.50 bits per heavy atom. The van der Waals surface area contributed by atoms with E-state index in [4.69, 9.17) is 5.26 Å². The highest BCUT2D eigenvalue weighted by Gasteiger charge is 2.34. The molecule has 0 N–H and O–H groups in total. The van der Waals surface area contributed by atoms with Gasteiger partial charge in [-0.2, -0.15) is 5.26 Å². The van der Waals surface area contributed by atoms with Gasteiger partial charge >= 0.3 is 12.3 Å². The van der Waals surface area contributed by atoms with Gasteiger partial charge in [0.2, 0.25) is 0 Å². The molecule has 0 amide bonds. The van der Waals surface area contributed by atoms with E-state index >= 15 is 0 Å². The summed E-state index contributed by atoms with van der Waals surface area (Å²) in [5, 5.41) is 8.70. The van der Waals surface area contributed by atoms with Crippen LogP contribution >= 0.6 is 22.6 Å². The van der Waals surface area contributed by atoms with Gasteiger partial charge in [-0.3, -0.25) is 0 Å². The van der Waals surface area contributed by atoms with E-state index in [0.29, 0.717) is 0 Å². The number of hydrogen-bond acceptors (Lipinski definition) is 4. The van der Waals surface area contributed by atoms with Crippen LogP contribution in [0, 0.1) is 14.9 Å². The fraction of sp³-hybridized carbons (Fsp3) is 0.200. The smallest absolute Gasteiger partial charge is 0.465 e. The maximum Gasteiger partial charge on any atom is 0.573 e. The summed E-state index contributed by atoms with van der Waals surface area (Å²) in [6, 6.07) is 3.88. The summed E-state index contributed by atoms with van der Waals surface area (Å²) in [4.78, 5) is 11.4. The Balaban J connectivity index is 3.39. The van der Waals surface area contributed by atoms with Crippen molar-refractivity contribution in [1.82, 2.24) is 0 Å². The van der Waals surface area contributed by atoms with Gasteiger partial charge in [0.1, 0.15) is 5.56 Å². The molecule has 0 aliphatic heterocycles. The molecular formula is C10H5F3INO3. The second kappa shape index (κ2) is 5.43. The minimum absolute atomic E-state index is 0.00984. The number of ether oxygens (including phenoxy) is 2. The van der Waals surface area contributed by atoms with Gasteiger partial charge in [-0.15, -0.1) is 13.2 Å². The molecule has 1 rings (SSSR count). The van der Waals surface area contributed by atoms with Crippen LogP contribution in [0.4, 0.5) is 13.2 Å². The third kappa shape index (κ3) is 3.49. The standard InChI is InChI=1S/C10H5F3INO3/c1-17-9(16)6-2-5(4-15)3-7(14)8(6)18-10(11,12)13/h2-3H,1H3. The first-order valence-electron chi connectivity index (χ1n) is 4.36. The Kier molecular flexibility index (Phi) is 4.39. The monoisotopic (exact) mass is 371 g/mol. The average Bonchev–Trinajstić information content (AvgIpc) is 2.28. The number of benzene rings is 1. The van der Waals surface area contributed by atoms with E-state index in [-0.39, 0.29) is 9.13 Å². The minimum atomic E-state index is -4.93. The van der Waals surface area contributed by atoms with E-state index in [1.807, 2.05) is 0 Å². The van der Waals surface area contributed by atoms with Crippen LogP contribution in [0.25, 0.3) is 0 Å². The van der Waals surface area contributed by atoms with Crippen molar-refractivity contribution in [2.75, 3.05) is 7.11 Å². The zero-order valence-corrected chi connectivity index (χ0v) is 11.0. The minimum Gasteiger partial charge on any atom is -0.465 e. The number of rotatable bonds is 2. The van der Waals surface area contributed by atoms with E-state index in [9.17, 15) is 18.0 Å². The summed E-state index contributed by atoms with van der Waals surface area (Å²) >= 11 is 1.54. The van der Waals surface area contributed by atoms with Crippen molar-refractivity contribution in [2.45, 2.75) is 6.36 Å². The lowest BCUT2D eigenvalue weighted by molar-refractivity contribution is -0.275. The highest BCUT2D eigenvalue weighted by molar-refractivity contribution is 14.1. The molecule has 0 radical (unpaired) electrons. The number of nitriles is 1. The van der Waals surface area contributed by atoms with Crippen molar-refractivity contribution in [2.24, 2.45) is 0 Å². The maximum absolute atomic E-state index is 12.2. The molecule has 0 unspecified atom stereocenters. The number of halogens is 4. The van der Waals surface area contributed by atoms with E-state index in [2.05, 4.69) is 9.47 Å². The highest BCUT2D eigenvalue weighted by atomic mass is 127. The molecule has 18 heavy (non-hydrogen) atoms. The SMILES string of the molecule is COC(=O)c1cc(C#N)cc(I)c1OC(F)(F)F. The predicted octanol–water partition coefficient (Wildman–Crippen LogP) is 2.85. The molecule has 0 aromatic heterocycles. The normalized spacial score (nSPS) is 10.7. The zero-order valence-electron chi connectivity index (χ0n) is 8.84. The third-order valence-corrected chi connectivity index (χ3v) is 2.60. The topological polar surface area (TPSA) is 59.3 Å². The largest absolute Gasteiger partial charge is 0.573 e. The van der Waals surface area contributed by atoms with Gasteiger partial charge in [-0.05, 0) is 34.7 Å². The van der Waals surface area contributed by atoms with Crippen LogP contribution in [0.5, 0.6) is 5.75 Å². The van der Waals surface area contributed by atoms with Gasteiger partial charge < -0.3 is 9.47 Å². The Morgan fingerprint density at radius 1 is 1.44 bits per heavy atom. The Bertz CT molecular complexity index is 522. The molecule has 0 heterocycles. The van der Waals surface area contributed by atoms with Crippen LogP contribution in [0.1, 0.15) is 15.9 Å². The Labute approximate surface area is 113 Å². The molecule has 96 valence electrons. The number of alkyl halides is 3. The van der Waals surface area contributed by atoms with Crippen molar-refractivity contribution in [3.8, 4) is 11.8 Å². The lowest BCUT2D eigenvalue weighted by Gasteiger charge is -2.14. The van der Waals surface area contributed by atoms with Crippen LogP contribution in [0.2, 0.25) is 0 Å². The number of methoxy groups -OCH3 is 1. The molecular weight excluding hydrogens is 366 g/mol. The van der Waals surface area contributed by atoms with Gasteiger partial charge in [0, 0.05) is 0 Å². The summed E-state index contributed by atoms with van der Waals surface area (Å²) in [6.45, 7) is 0. The van der Waals surface area contributed by atoms with Crippen LogP contribution in [0.15, 0.2) is 12.1 Å². The third-order valence-electron chi connectivity index (χ3n) is 1.80. The molecule has 4 nitrogen and oxygen atoms in total. The lowest BCUT2D eigenvalue weighted by Crippen LogP contribution is -2.20. The second-order valence-corrected chi connectivity index (χ2v) is 4.15. The van der Waals surface area contributed by atoms with Crippen molar-refractivity contribution < 1.29 is 27.4 Å². The summed E-state index contributed by atoms with van der Waals surface area (Å²) in [6.07, 6.45) is -4.93. The van der Waals surface area contributed by atoms with Gasteiger partial charge in [-0.25, -0.2) is 4.79 Å². The summed E-state index contributed by atoms with van der Waals surface area (Å²) < 4.78 is 44.7. The van der Waals surface area contributed by atoms with Crippen LogP contribution < -0.4 is 4.74 Å². The molecule has 1 aromatic carbocycles. The first kappa shape index (κ1) is 14.6. The molecule has 0 spiro atoms. The molecule has 0 fully saturated rings. The fourth-order valence-corrected chi connectivity index (χ4v) is 1.88. The number of carbonyl (C=O) groups is 1. The Morgan fingerprint density at radius 2 is 2.06 bits per heavy atom. The van der Waals surface area contributed by atoms with E-state index < -0.39 is 23.6 Å². The van der Waals surface area contributed by atoms with Gasteiger partial charge in [-0.1, -0.05) is 0 Å². The quantitative estimate of drug-likeness (QED) is 0.593. The molecule has 0 atom stereocenters. The predicted molar refractivity (Wildman–Crippen MR) is 61.9 cm³/mol. The number of esters is 1. The number of hydrogen-bond donors (Lipinski definition) is 0. The zero-order chi connectivity index (χ0) is 13.9. The second-order valence-electron chi connectivity index (χ2n) is 2.99. The molecule has 0 aliphatic carbocycles. The van der Waals surface area contributed by atoms with Gasteiger partial charge in [0.15, 0.2) is 5.75 Å². The molecule has 0 saturated carbocycles. The maximum atomic E-state index is 12.2. The lowest BCUT2D eigenvalue weighted by atomic mass is 10.1. The van der Waals surface area contributed by atoms with E-state index in [0.717, 1.165) is 13.2 Å². The van der Waals surface area contributed by atoms with Crippen molar-refractivity contribution in [3.05, 3.63) is 26.8 Å². The highest BCUT2D eigenvalue weighted by Crippen LogP contribution is 2.32. The average molecular weight is 371 g/mol. The number of nitrogens with zero attached hydrogens (tertiary/aromatic N) is 1. The number of carbonyl (C=O) groups excluding carboxylic acids is 1. The first-order valence-corrected chi connectivity index (χ1v) is 5.44. The van der Waals surface area contributed by atoms with E-state index in [1.165, 1.54) is 6.07 Å². The molecule has 0 bridgehead atoms. The van der Waals surface area contributed by atoms with Crippen molar-refractivity contribution in [3.63, 3.8) is 0 Å². The first-order chi connectivity index (χ1) is 8.28. The molecule has 0 saturated heterocycles. The summed E-state index contributed by atoms with van der Waals surface area (Å²) in [5.74, 6) is -1.68. The summed E-state index contributed by atoms with van der Waals surface area (Å²) in [5.41, 5.74) is -0.410. The fourth-order valence-electron chi connectivity index (χ4n) is 1.14. The summed E-state index contributed by atoms with van der Waals surface area (Å²) in [7, 11) is 1.02. The Hall–Kier alpha value is -1.50. The molecule has 8 heteroatoms.